The summed E-state index contributed by atoms with van der Waals surface area (Å²) in [6.45, 7) is 0.529. The van der Waals surface area contributed by atoms with E-state index in [1.165, 1.54) is 11.1 Å². The molecule has 2 rings (SSSR count). The van der Waals surface area contributed by atoms with Gasteiger partial charge in [-0.1, -0.05) is 18.2 Å². The van der Waals surface area contributed by atoms with Gasteiger partial charge in [0.15, 0.2) is 6.33 Å². The molecule has 0 N–H and O–H groups in total. The van der Waals surface area contributed by atoms with Gasteiger partial charge in [0.2, 0.25) is 0 Å². The van der Waals surface area contributed by atoms with E-state index in [0.717, 1.165) is 11.8 Å². The molecule has 0 aliphatic carbocycles. The number of nitrogens with zero attached hydrogens (tertiary/aromatic N) is 4. The van der Waals surface area contributed by atoms with Crippen molar-refractivity contribution in [1.29, 1.82) is 0 Å². The maximum Gasteiger partial charge on any atom is 0.162 e. The third kappa shape index (κ3) is 1.82. The van der Waals surface area contributed by atoms with Crippen molar-refractivity contribution in [1.82, 2.24) is 20.2 Å². The summed E-state index contributed by atoms with van der Waals surface area (Å²) in [6, 6.07) is 7.30. The number of hydrogen-bond donors (Lipinski definition) is 0. The van der Waals surface area contributed by atoms with Crippen LogP contribution in [0.3, 0.4) is 0 Å². The molecule has 14 heavy (non-hydrogen) atoms. The van der Waals surface area contributed by atoms with E-state index in [9.17, 15) is 4.79 Å². The van der Waals surface area contributed by atoms with Crippen LogP contribution in [-0.2, 0) is 6.54 Å². The van der Waals surface area contributed by atoms with Gasteiger partial charge in [0.1, 0.15) is 6.29 Å². The first-order valence-corrected chi connectivity index (χ1v) is 4.13. The Hall–Kier alpha value is -2.04. The van der Waals surface area contributed by atoms with Crippen molar-refractivity contribution < 1.29 is 4.79 Å². The second-order valence-electron chi connectivity index (χ2n) is 2.83. The maximum absolute atomic E-state index is 10.5. The van der Waals surface area contributed by atoms with Gasteiger partial charge in [0, 0.05) is 5.56 Å². The van der Waals surface area contributed by atoms with E-state index in [4.69, 9.17) is 0 Å². The van der Waals surface area contributed by atoms with Crippen molar-refractivity contribution >= 4 is 6.29 Å². The van der Waals surface area contributed by atoms with E-state index in [-0.39, 0.29) is 0 Å². The van der Waals surface area contributed by atoms with Crippen LogP contribution in [0.5, 0.6) is 0 Å². The summed E-state index contributed by atoms with van der Waals surface area (Å²) in [4.78, 5) is 12.0. The largest absolute Gasteiger partial charge is 0.298 e. The van der Waals surface area contributed by atoms with Gasteiger partial charge in [0.05, 0.1) is 6.54 Å². The molecular weight excluding hydrogens is 180 g/mol. The molecule has 0 fully saturated rings. The number of carbonyl (C=O) groups is 1. The predicted octanol–water partition coefficient (Wildman–Crippen LogP) is 0.534. The van der Waals surface area contributed by atoms with E-state index >= 15 is 0 Å². The van der Waals surface area contributed by atoms with Crippen LogP contribution in [0.1, 0.15) is 15.9 Å². The fourth-order valence-corrected chi connectivity index (χ4v) is 1.19. The molecule has 0 amide bonds. The highest BCUT2D eigenvalue weighted by Gasteiger charge is 1.97. The Labute approximate surface area is 80.4 Å². The lowest BCUT2D eigenvalue weighted by molar-refractivity contribution is 0.112. The zero-order valence-corrected chi connectivity index (χ0v) is 7.37. The molecule has 1 heterocycles. The smallest absolute Gasteiger partial charge is 0.162 e. The molecule has 1 aromatic carbocycles. The number of tetrazole rings is 1. The minimum absolute atomic E-state index is 0.529. The van der Waals surface area contributed by atoms with Gasteiger partial charge in [-0.05, 0) is 16.8 Å². The minimum atomic E-state index is 0.529. The topological polar surface area (TPSA) is 60.7 Å². The Balaban J connectivity index is 2.21. The number of carbonyl (C=O) groups excluding carboxylic acids is 1. The molecule has 70 valence electrons. The molecular formula is C9H8N4O. The minimum Gasteiger partial charge on any atom is -0.298 e. The van der Waals surface area contributed by atoms with Crippen LogP contribution in [0.4, 0.5) is 0 Å². The number of aromatic nitrogens is 4. The quantitative estimate of drug-likeness (QED) is 0.659. The lowest BCUT2D eigenvalue weighted by atomic mass is 10.1. The average molecular weight is 188 g/mol. The Morgan fingerprint density at radius 2 is 2.36 bits per heavy atom. The van der Waals surface area contributed by atoms with Gasteiger partial charge in [-0.3, -0.25) is 4.79 Å². The molecule has 0 radical (unpaired) electrons. The van der Waals surface area contributed by atoms with Crippen molar-refractivity contribution in [3.63, 3.8) is 0 Å². The second kappa shape index (κ2) is 3.78. The predicted molar refractivity (Wildman–Crippen MR) is 48.7 cm³/mol. The summed E-state index contributed by atoms with van der Waals surface area (Å²) in [7, 11) is 0. The van der Waals surface area contributed by atoms with Gasteiger partial charge >= 0.3 is 0 Å². The molecule has 0 spiro atoms. The van der Waals surface area contributed by atoms with Crippen molar-refractivity contribution in [2.75, 3.05) is 0 Å². The molecule has 0 atom stereocenters. The highest BCUT2D eigenvalue weighted by molar-refractivity contribution is 5.74. The molecule has 0 saturated heterocycles. The highest BCUT2D eigenvalue weighted by atomic mass is 16.1. The van der Waals surface area contributed by atoms with Crippen LogP contribution < -0.4 is 0 Å². The summed E-state index contributed by atoms with van der Waals surface area (Å²) in [5.41, 5.74) is 1.63. The summed E-state index contributed by atoms with van der Waals surface area (Å²) in [6.07, 6.45) is 2.20. The van der Waals surface area contributed by atoms with Crippen LogP contribution in [-0.4, -0.2) is 26.5 Å². The molecule has 0 aliphatic rings. The first-order valence-electron chi connectivity index (χ1n) is 4.13. The molecule has 2 aromatic rings. The third-order valence-corrected chi connectivity index (χ3v) is 1.80. The van der Waals surface area contributed by atoms with Gasteiger partial charge in [0.25, 0.3) is 0 Å². The Morgan fingerprint density at radius 1 is 1.43 bits per heavy atom. The standard InChI is InChI=1S/C9H8N4O/c14-6-9-3-1-2-8(4-9)5-13-11-7-10-12-13/h1-4,6-7H,5H2. The van der Waals surface area contributed by atoms with Crippen LogP contribution in [0, 0.1) is 0 Å². The van der Waals surface area contributed by atoms with Crippen LogP contribution in [0.15, 0.2) is 30.6 Å². The van der Waals surface area contributed by atoms with Crippen LogP contribution in [0.2, 0.25) is 0 Å². The van der Waals surface area contributed by atoms with Gasteiger partial charge in [-0.15, -0.1) is 10.2 Å². The maximum atomic E-state index is 10.5. The molecule has 0 bridgehead atoms. The number of aldehydes is 1. The van der Waals surface area contributed by atoms with Crippen LogP contribution >= 0.6 is 0 Å². The summed E-state index contributed by atoms with van der Waals surface area (Å²) in [5.74, 6) is 0. The van der Waals surface area contributed by atoms with Gasteiger partial charge in [-0.25, -0.2) is 0 Å². The molecule has 1 aromatic heterocycles. The average Bonchev–Trinajstić information content (AvgIpc) is 2.71. The van der Waals surface area contributed by atoms with Crippen LogP contribution in [0.25, 0.3) is 0 Å². The molecule has 5 heteroatoms. The molecule has 0 saturated carbocycles. The number of benzene rings is 1. The summed E-state index contributed by atoms with van der Waals surface area (Å²) >= 11 is 0. The molecule has 0 aliphatic heterocycles. The number of rotatable bonds is 3. The second-order valence-corrected chi connectivity index (χ2v) is 2.83. The SMILES string of the molecule is O=Cc1cccc(Cn2ncnn2)c1. The van der Waals surface area contributed by atoms with E-state index in [0.29, 0.717) is 12.1 Å². The third-order valence-electron chi connectivity index (χ3n) is 1.80. The van der Waals surface area contributed by atoms with Crippen molar-refractivity contribution in [3.05, 3.63) is 41.7 Å². The van der Waals surface area contributed by atoms with E-state index in [2.05, 4.69) is 15.4 Å². The Kier molecular flexibility index (Phi) is 2.31. The van der Waals surface area contributed by atoms with E-state index in [1.54, 1.807) is 12.1 Å². The first-order chi connectivity index (χ1) is 6.88. The molecule has 5 nitrogen and oxygen atoms in total. The molecule has 0 unspecified atom stereocenters. The lowest BCUT2D eigenvalue weighted by Gasteiger charge is -1.99. The first kappa shape index (κ1) is 8.55. The monoisotopic (exact) mass is 188 g/mol. The van der Waals surface area contributed by atoms with Crippen molar-refractivity contribution in [2.45, 2.75) is 6.54 Å². The highest BCUT2D eigenvalue weighted by Crippen LogP contribution is 2.03. The van der Waals surface area contributed by atoms with Gasteiger partial charge < -0.3 is 0 Å². The van der Waals surface area contributed by atoms with E-state index in [1.807, 2.05) is 12.1 Å². The van der Waals surface area contributed by atoms with E-state index < -0.39 is 0 Å². The number of hydrogen-bond acceptors (Lipinski definition) is 4. The lowest BCUT2D eigenvalue weighted by Crippen LogP contribution is -2.04. The van der Waals surface area contributed by atoms with Crippen molar-refractivity contribution in [2.24, 2.45) is 0 Å². The Morgan fingerprint density at radius 3 is 3.07 bits per heavy atom. The fourth-order valence-electron chi connectivity index (χ4n) is 1.19. The normalized spacial score (nSPS) is 10.0. The Bertz CT molecular complexity index is 424. The summed E-state index contributed by atoms with van der Waals surface area (Å²) < 4.78 is 0. The zero-order valence-electron chi connectivity index (χ0n) is 7.37. The van der Waals surface area contributed by atoms with Crippen molar-refractivity contribution in [3.8, 4) is 0 Å². The summed E-state index contributed by atoms with van der Waals surface area (Å²) in [5, 5.41) is 11.2. The van der Waals surface area contributed by atoms with Gasteiger partial charge in [-0.2, -0.15) is 4.80 Å². The zero-order chi connectivity index (χ0) is 9.80. The fraction of sp³-hybridized carbons (Fsp3) is 0.111.